The van der Waals surface area contributed by atoms with Gasteiger partial charge in [-0.25, -0.2) is 0 Å². The number of nitrogens with two attached hydrogens (primary N) is 1. The number of ether oxygens (including phenoxy) is 1. The van der Waals surface area contributed by atoms with Crippen LogP contribution in [-0.2, 0) is 9.53 Å². The van der Waals surface area contributed by atoms with E-state index in [9.17, 15) is 4.79 Å². The Hall–Kier alpha value is -0.610. The number of esters is 1. The summed E-state index contributed by atoms with van der Waals surface area (Å²) in [5, 5.41) is 0. The van der Waals surface area contributed by atoms with Crippen LogP contribution in [0.1, 0.15) is 58.8 Å². The Morgan fingerprint density at radius 1 is 1.37 bits per heavy atom. The molecule has 0 aromatic carbocycles. The summed E-state index contributed by atoms with van der Waals surface area (Å²) in [5.41, 5.74) is 5.17. The van der Waals surface area contributed by atoms with Crippen molar-refractivity contribution in [2.75, 3.05) is 20.2 Å². The Labute approximate surface area is 117 Å². The molecule has 1 aliphatic carbocycles. The van der Waals surface area contributed by atoms with Gasteiger partial charge in [0.2, 0.25) is 0 Å². The number of hydrogen-bond acceptors (Lipinski definition) is 4. The highest BCUT2D eigenvalue weighted by molar-refractivity contribution is 5.79. The van der Waals surface area contributed by atoms with Crippen LogP contribution in [0.15, 0.2) is 0 Å². The molecule has 0 amide bonds. The summed E-state index contributed by atoms with van der Waals surface area (Å²) in [6.07, 6.45) is 8.34. The minimum atomic E-state index is -0.844. The number of carbonyl (C=O) groups is 1. The van der Waals surface area contributed by atoms with Gasteiger partial charge < -0.3 is 15.4 Å². The monoisotopic (exact) mass is 270 g/mol. The van der Waals surface area contributed by atoms with Gasteiger partial charge >= 0.3 is 5.97 Å². The molecule has 1 aliphatic rings. The lowest BCUT2D eigenvalue weighted by atomic mass is 9.93. The molecule has 0 aromatic rings. The molecule has 1 rings (SSSR count). The molecule has 0 saturated heterocycles. The Kier molecular flexibility index (Phi) is 6.80. The molecular weight excluding hydrogens is 240 g/mol. The van der Waals surface area contributed by atoms with E-state index in [0.717, 1.165) is 19.0 Å². The van der Waals surface area contributed by atoms with Crippen LogP contribution in [0.4, 0.5) is 0 Å². The molecule has 2 N–H and O–H groups in total. The van der Waals surface area contributed by atoms with Crippen LogP contribution in [0.2, 0.25) is 0 Å². The summed E-state index contributed by atoms with van der Waals surface area (Å²) >= 11 is 0. The third-order valence-electron chi connectivity index (χ3n) is 4.15. The van der Waals surface area contributed by atoms with E-state index >= 15 is 0 Å². The molecule has 19 heavy (non-hydrogen) atoms. The van der Waals surface area contributed by atoms with Crippen molar-refractivity contribution >= 4 is 5.97 Å². The first kappa shape index (κ1) is 16.4. The van der Waals surface area contributed by atoms with Gasteiger partial charge in [-0.05, 0) is 53.1 Å². The second kappa shape index (κ2) is 7.85. The summed E-state index contributed by atoms with van der Waals surface area (Å²) in [6, 6.07) is 0.723. The highest BCUT2D eigenvalue weighted by Gasteiger charge is 2.29. The van der Waals surface area contributed by atoms with Gasteiger partial charge in [-0.2, -0.15) is 0 Å². The summed E-state index contributed by atoms with van der Waals surface area (Å²) in [6.45, 7) is 4.99. The van der Waals surface area contributed by atoms with Crippen LogP contribution >= 0.6 is 0 Å². The highest BCUT2D eigenvalue weighted by Crippen LogP contribution is 2.22. The van der Waals surface area contributed by atoms with Crippen LogP contribution in [0.3, 0.4) is 0 Å². The fraction of sp³-hybridized carbons (Fsp3) is 0.933. The number of hydrogen-bond donors (Lipinski definition) is 1. The van der Waals surface area contributed by atoms with Gasteiger partial charge in [0.25, 0.3) is 0 Å². The molecule has 1 atom stereocenters. The van der Waals surface area contributed by atoms with E-state index in [4.69, 9.17) is 10.5 Å². The Balaban J connectivity index is 2.26. The van der Waals surface area contributed by atoms with Gasteiger partial charge in [0.1, 0.15) is 5.54 Å². The van der Waals surface area contributed by atoms with Crippen molar-refractivity contribution in [2.45, 2.75) is 70.4 Å². The van der Waals surface area contributed by atoms with Crippen LogP contribution in [0, 0.1) is 0 Å². The molecule has 0 aromatic heterocycles. The predicted octanol–water partition coefficient (Wildman–Crippen LogP) is 2.31. The number of nitrogens with zero attached hydrogens (tertiary/aromatic N) is 1. The molecule has 0 bridgehead atoms. The molecular formula is C15H30N2O2. The van der Waals surface area contributed by atoms with Crippen molar-refractivity contribution < 1.29 is 9.53 Å². The second-order valence-corrected chi connectivity index (χ2v) is 6.01. The minimum absolute atomic E-state index is 0.282. The van der Waals surface area contributed by atoms with Crippen molar-refractivity contribution in [2.24, 2.45) is 5.73 Å². The van der Waals surface area contributed by atoms with Crippen LogP contribution in [0.25, 0.3) is 0 Å². The van der Waals surface area contributed by atoms with Crippen LogP contribution < -0.4 is 5.73 Å². The maximum Gasteiger partial charge on any atom is 0.325 e. The average molecular weight is 270 g/mol. The van der Waals surface area contributed by atoms with E-state index in [1.54, 1.807) is 6.92 Å². The zero-order valence-corrected chi connectivity index (χ0v) is 12.8. The smallest absolute Gasteiger partial charge is 0.325 e. The quantitative estimate of drug-likeness (QED) is 0.721. The molecule has 112 valence electrons. The summed E-state index contributed by atoms with van der Waals surface area (Å²) in [5.74, 6) is -0.282. The van der Waals surface area contributed by atoms with Crippen LogP contribution in [-0.4, -0.2) is 42.6 Å². The van der Waals surface area contributed by atoms with Crippen molar-refractivity contribution in [1.82, 2.24) is 4.90 Å². The van der Waals surface area contributed by atoms with Gasteiger partial charge in [0.05, 0.1) is 6.61 Å². The zero-order chi connectivity index (χ0) is 14.3. The van der Waals surface area contributed by atoms with E-state index in [1.165, 1.54) is 32.1 Å². The lowest BCUT2D eigenvalue weighted by molar-refractivity contribution is -0.149. The third-order valence-corrected chi connectivity index (χ3v) is 4.15. The molecule has 4 heteroatoms. The van der Waals surface area contributed by atoms with Gasteiger partial charge in [-0.1, -0.05) is 19.3 Å². The average Bonchev–Trinajstić information content (AvgIpc) is 2.39. The zero-order valence-electron chi connectivity index (χ0n) is 12.8. The van der Waals surface area contributed by atoms with E-state index in [1.807, 2.05) is 6.92 Å². The Morgan fingerprint density at radius 2 is 2.00 bits per heavy atom. The molecule has 0 aliphatic heterocycles. The third kappa shape index (κ3) is 5.49. The first-order chi connectivity index (χ1) is 8.97. The van der Waals surface area contributed by atoms with E-state index < -0.39 is 5.54 Å². The fourth-order valence-electron chi connectivity index (χ4n) is 2.80. The molecule has 4 nitrogen and oxygen atoms in total. The maximum atomic E-state index is 11.7. The molecule has 0 heterocycles. The molecule has 1 saturated carbocycles. The van der Waals surface area contributed by atoms with Crippen molar-refractivity contribution in [3.8, 4) is 0 Å². The van der Waals surface area contributed by atoms with Gasteiger partial charge in [-0.3, -0.25) is 4.79 Å². The van der Waals surface area contributed by atoms with E-state index in [-0.39, 0.29) is 5.97 Å². The van der Waals surface area contributed by atoms with E-state index in [2.05, 4.69) is 11.9 Å². The summed E-state index contributed by atoms with van der Waals surface area (Å²) in [4.78, 5) is 14.1. The second-order valence-electron chi connectivity index (χ2n) is 6.01. The Bertz CT molecular complexity index is 273. The predicted molar refractivity (Wildman–Crippen MR) is 78.0 cm³/mol. The minimum Gasteiger partial charge on any atom is -0.465 e. The molecule has 1 unspecified atom stereocenters. The molecule has 0 spiro atoms. The first-order valence-corrected chi connectivity index (χ1v) is 7.63. The largest absolute Gasteiger partial charge is 0.465 e. The lowest BCUT2D eigenvalue weighted by Crippen LogP contribution is -2.46. The van der Waals surface area contributed by atoms with Gasteiger partial charge in [-0.15, -0.1) is 0 Å². The topological polar surface area (TPSA) is 55.6 Å². The number of carbonyl (C=O) groups excluding carboxylic acids is 1. The number of rotatable bonds is 7. The fourth-order valence-corrected chi connectivity index (χ4v) is 2.80. The lowest BCUT2D eigenvalue weighted by Gasteiger charge is -2.32. The van der Waals surface area contributed by atoms with Crippen molar-refractivity contribution in [3.63, 3.8) is 0 Å². The van der Waals surface area contributed by atoms with Crippen molar-refractivity contribution in [3.05, 3.63) is 0 Å². The van der Waals surface area contributed by atoms with Gasteiger partial charge in [0, 0.05) is 6.04 Å². The SMILES string of the molecule is CCOC(=O)C(C)(N)CCCN(C)C1CCCCC1. The maximum absolute atomic E-state index is 11.7. The van der Waals surface area contributed by atoms with Gasteiger partial charge in [0.15, 0.2) is 0 Å². The molecule has 1 fully saturated rings. The van der Waals surface area contributed by atoms with Crippen molar-refractivity contribution in [1.29, 1.82) is 0 Å². The summed E-state index contributed by atoms with van der Waals surface area (Å²) in [7, 11) is 2.19. The van der Waals surface area contributed by atoms with Crippen LogP contribution in [0.5, 0.6) is 0 Å². The summed E-state index contributed by atoms with van der Waals surface area (Å²) < 4.78 is 5.00. The Morgan fingerprint density at radius 3 is 2.58 bits per heavy atom. The standard InChI is InChI=1S/C15H30N2O2/c1-4-19-14(18)15(2,16)11-8-12-17(3)13-9-6-5-7-10-13/h13H,4-12,16H2,1-3H3. The first-order valence-electron chi connectivity index (χ1n) is 7.63. The van der Waals surface area contributed by atoms with E-state index in [0.29, 0.717) is 13.0 Å². The molecule has 0 radical (unpaired) electrons. The highest BCUT2D eigenvalue weighted by atomic mass is 16.5. The normalized spacial score (nSPS) is 20.3.